The molecule has 0 aromatic rings. The molecule has 0 aromatic carbocycles. The lowest BCUT2D eigenvalue weighted by Crippen LogP contribution is -2.42. The summed E-state index contributed by atoms with van der Waals surface area (Å²) in [5.41, 5.74) is 0. The van der Waals surface area contributed by atoms with Gasteiger partial charge in [-0.15, -0.1) is 0 Å². The van der Waals surface area contributed by atoms with Crippen LogP contribution in [0.4, 0.5) is 9.59 Å². The van der Waals surface area contributed by atoms with E-state index in [9.17, 15) is 9.59 Å². The molecule has 0 aromatic heterocycles. The van der Waals surface area contributed by atoms with Crippen LogP contribution >= 0.6 is 0 Å². The Balaban J connectivity index is 3.71. The van der Waals surface area contributed by atoms with Crippen LogP contribution in [0.25, 0.3) is 0 Å². The molecule has 0 heterocycles. The van der Waals surface area contributed by atoms with Gasteiger partial charge in [0.1, 0.15) is 13.2 Å². The fraction of sp³-hybridized carbons (Fsp3) is 0.818. The average Bonchev–Trinajstić information content (AvgIpc) is 2.31. The summed E-state index contributed by atoms with van der Waals surface area (Å²) in [6.45, 7) is 4.62. The summed E-state index contributed by atoms with van der Waals surface area (Å²) in [5.74, 6) is 0. The smallest absolute Gasteiger partial charge is 0.407 e. The van der Waals surface area contributed by atoms with Gasteiger partial charge in [0.05, 0.1) is 12.2 Å². The predicted molar refractivity (Wildman–Crippen MR) is 66.7 cm³/mol. The number of ether oxygens (including phenoxy) is 2. The van der Waals surface area contributed by atoms with Gasteiger partial charge < -0.3 is 30.3 Å². The molecule has 112 valence electrons. The molecule has 3 unspecified atom stereocenters. The monoisotopic (exact) mass is 278 g/mol. The van der Waals surface area contributed by atoms with Crippen LogP contribution < -0.4 is 10.6 Å². The molecule has 0 radical (unpaired) electrons. The predicted octanol–water partition coefficient (Wildman–Crippen LogP) is -0.411. The fourth-order valence-electron chi connectivity index (χ4n) is 0.974. The van der Waals surface area contributed by atoms with Crippen molar-refractivity contribution >= 4 is 12.2 Å². The number of carbonyl (C=O) groups is 2. The summed E-state index contributed by atoms with van der Waals surface area (Å²) in [4.78, 5) is 22.3. The third kappa shape index (κ3) is 11.3. The lowest BCUT2D eigenvalue weighted by molar-refractivity contribution is 0.0743. The first kappa shape index (κ1) is 17.5. The highest BCUT2D eigenvalue weighted by molar-refractivity contribution is 5.68. The molecule has 0 spiro atoms. The van der Waals surface area contributed by atoms with E-state index in [1.54, 1.807) is 6.92 Å². The molecule has 0 bridgehead atoms. The van der Waals surface area contributed by atoms with Crippen molar-refractivity contribution < 1.29 is 29.3 Å². The summed E-state index contributed by atoms with van der Waals surface area (Å²) in [6.07, 6.45) is -2.80. The Morgan fingerprint density at radius 1 is 1.00 bits per heavy atom. The number of aliphatic hydroxyl groups is 2. The minimum Gasteiger partial charge on any atom is -0.447 e. The van der Waals surface area contributed by atoms with Gasteiger partial charge in [0.25, 0.3) is 0 Å². The molecule has 0 saturated heterocycles. The van der Waals surface area contributed by atoms with E-state index in [2.05, 4.69) is 20.1 Å². The molecule has 19 heavy (non-hydrogen) atoms. The van der Waals surface area contributed by atoms with E-state index in [0.717, 1.165) is 0 Å². The van der Waals surface area contributed by atoms with Crippen LogP contribution in [-0.2, 0) is 9.47 Å². The Kier molecular flexibility index (Phi) is 8.64. The Labute approximate surface area is 112 Å². The molecule has 0 aliphatic rings. The van der Waals surface area contributed by atoms with Gasteiger partial charge in [-0.1, -0.05) is 0 Å². The van der Waals surface area contributed by atoms with Crippen LogP contribution in [0, 0.1) is 0 Å². The molecule has 0 aliphatic heterocycles. The van der Waals surface area contributed by atoms with Crippen LogP contribution in [0.5, 0.6) is 0 Å². The SMILES string of the molecule is CC(O)COC(=O)NCC(C)NC(=O)OCC(C)O. The zero-order chi connectivity index (χ0) is 14.8. The van der Waals surface area contributed by atoms with Crippen LogP contribution in [0.2, 0.25) is 0 Å². The van der Waals surface area contributed by atoms with Gasteiger partial charge >= 0.3 is 12.2 Å². The molecule has 2 amide bonds. The first-order chi connectivity index (χ1) is 8.81. The number of aliphatic hydroxyl groups excluding tert-OH is 2. The third-order valence-corrected chi connectivity index (χ3v) is 1.83. The van der Waals surface area contributed by atoms with E-state index in [0.29, 0.717) is 0 Å². The van der Waals surface area contributed by atoms with E-state index in [-0.39, 0.29) is 25.8 Å². The molecule has 4 N–H and O–H groups in total. The van der Waals surface area contributed by atoms with Crippen LogP contribution in [0.15, 0.2) is 0 Å². The van der Waals surface area contributed by atoms with Crippen LogP contribution in [0.1, 0.15) is 20.8 Å². The van der Waals surface area contributed by atoms with Gasteiger partial charge in [0.15, 0.2) is 0 Å². The normalized spacial score (nSPS) is 15.0. The second kappa shape index (κ2) is 9.40. The number of rotatable bonds is 7. The molecule has 0 saturated carbocycles. The molecule has 0 fully saturated rings. The minimum absolute atomic E-state index is 0.0932. The van der Waals surface area contributed by atoms with Crippen molar-refractivity contribution in [3.05, 3.63) is 0 Å². The highest BCUT2D eigenvalue weighted by atomic mass is 16.6. The van der Waals surface area contributed by atoms with Crippen molar-refractivity contribution in [3.63, 3.8) is 0 Å². The zero-order valence-corrected chi connectivity index (χ0v) is 11.4. The molecular formula is C11H22N2O6. The largest absolute Gasteiger partial charge is 0.447 e. The lowest BCUT2D eigenvalue weighted by atomic mass is 10.3. The Morgan fingerprint density at radius 3 is 1.95 bits per heavy atom. The second-order valence-electron chi connectivity index (χ2n) is 4.32. The third-order valence-electron chi connectivity index (χ3n) is 1.83. The van der Waals surface area contributed by atoms with Crippen molar-refractivity contribution in [2.24, 2.45) is 0 Å². The highest BCUT2D eigenvalue weighted by Gasteiger charge is 2.11. The number of alkyl carbamates (subject to hydrolysis) is 2. The number of amides is 2. The Bertz CT molecular complexity index is 282. The van der Waals surface area contributed by atoms with Crippen molar-refractivity contribution in [1.82, 2.24) is 10.6 Å². The van der Waals surface area contributed by atoms with Crippen molar-refractivity contribution in [1.29, 1.82) is 0 Å². The van der Waals surface area contributed by atoms with Gasteiger partial charge in [-0.05, 0) is 20.8 Å². The molecule has 8 nitrogen and oxygen atoms in total. The quantitative estimate of drug-likeness (QED) is 0.503. The van der Waals surface area contributed by atoms with Gasteiger partial charge in [-0.3, -0.25) is 0 Å². The number of hydrogen-bond donors (Lipinski definition) is 4. The van der Waals surface area contributed by atoms with Gasteiger partial charge in [-0.2, -0.15) is 0 Å². The van der Waals surface area contributed by atoms with E-state index in [4.69, 9.17) is 10.2 Å². The minimum atomic E-state index is -0.727. The van der Waals surface area contributed by atoms with E-state index >= 15 is 0 Å². The molecule has 3 atom stereocenters. The van der Waals surface area contributed by atoms with E-state index in [1.807, 2.05) is 0 Å². The summed E-state index contributed by atoms with van der Waals surface area (Å²) < 4.78 is 9.34. The topological polar surface area (TPSA) is 117 Å². The highest BCUT2D eigenvalue weighted by Crippen LogP contribution is 1.88. The Morgan fingerprint density at radius 2 is 1.47 bits per heavy atom. The maximum atomic E-state index is 11.2. The van der Waals surface area contributed by atoms with Crippen LogP contribution in [-0.4, -0.2) is 60.4 Å². The van der Waals surface area contributed by atoms with Gasteiger partial charge in [-0.25, -0.2) is 9.59 Å². The van der Waals surface area contributed by atoms with Crippen molar-refractivity contribution in [3.8, 4) is 0 Å². The average molecular weight is 278 g/mol. The lowest BCUT2D eigenvalue weighted by Gasteiger charge is -2.15. The summed E-state index contributed by atoms with van der Waals surface area (Å²) >= 11 is 0. The van der Waals surface area contributed by atoms with Gasteiger partial charge in [0.2, 0.25) is 0 Å². The number of nitrogens with one attached hydrogen (secondary N) is 2. The second-order valence-corrected chi connectivity index (χ2v) is 4.32. The van der Waals surface area contributed by atoms with E-state index in [1.165, 1.54) is 13.8 Å². The molecule has 0 rings (SSSR count). The zero-order valence-electron chi connectivity index (χ0n) is 11.4. The summed E-state index contributed by atoms with van der Waals surface area (Å²) in [6, 6.07) is -0.361. The maximum absolute atomic E-state index is 11.2. The Hall–Kier alpha value is -1.54. The van der Waals surface area contributed by atoms with Crippen molar-refractivity contribution in [2.75, 3.05) is 19.8 Å². The fourth-order valence-corrected chi connectivity index (χ4v) is 0.974. The van der Waals surface area contributed by atoms with Gasteiger partial charge in [0, 0.05) is 12.6 Å². The van der Waals surface area contributed by atoms with Crippen LogP contribution in [0.3, 0.4) is 0 Å². The molecule has 0 aliphatic carbocycles. The standard InChI is InChI=1S/C11H22N2O6/c1-7(13-11(17)19-6-9(3)15)4-12-10(16)18-5-8(2)14/h7-9,14-15H,4-6H2,1-3H3,(H,12,16)(H,13,17). The number of hydrogen-bond acceptors (Lipinski definition) is 6. The van der Waals surface area contributed by atoms with E-state index < -0.39 is 24.4 Å². The summed E-state index contributed by atoms with van der Waals surface area (Å²) in [7, 11) is 0. The molecular weight excluding hydrogens is 256 g/mol. The van der Waals surface area contributed by atoms with Crippen molar-refractivity contribution in [2.45, 2.75) is 39.0 Å². The molecule has 8 heteroatoms. The first-order valence-electron chi connectivity index (χ1n) is 6.01. The summed E-state index contributed by atoms with van der Waals surface area (Å²) in [5, 5.41) is 22.7. The first-order valence-corrected chi connectivity index (χ1v) is 6.01. The number of carbonyl (C=O) groups excluding carboxylic acids is 2. The maximum Gasteiger partial charge on any atom is 0.407 e.